The predicted molar refractivity (Wildman–Crippen MR) is 457 cm³/mol. The first kappa shape index (κ1) is 111. The van der Waals surface area contributed by atoms with Crippen LogP contribution in [-0.4, -0.2) is 317 Å². The van der Waals surface area contributed by atoms with Crippen molar-refractivity contribution in [2.24, 2.45) is 51.6 Å². The number of carboxylic acids is 1. The Kier molecular flexibility index (Phi) is 55.0. The number of nitrogens with zero attached hydrogens (tertiary/aromatic N) is 2. The molecular formula is C79H148N24O21. The molecule has 0 aromatic carbocycles. The van der Waals surface area contributed by atoms with Gasteiger partial charge < -0.3 is 156 Å². The molecule has 45 heteroatoms. The van der Waals surface area contributed by atoms with Crippen LogP contribution in [-0.2, 0) is 76.7 Å². The molecule has 0 aromatic rings. The van der Waals surface area contributed by atoms with Crippen molar-refractivity contribution < 1.29 is 102 Å². The minimum Gasteiger partial charge on any atom is -0.480 e. The van der Waals surface area contributed by atoms with E-state index >= 15 is 0 Å². The van der Waals surface area contributed by atoms with E-state index in [4.69, 9.17) is 51.6 Å². The highest BCUT2D eigenvalue weighted by molar-refractivity contribution is 6.01. The molecular weight excluding hydrogens is 1620 g/mol. The molecule has 2 saturated heterocycles. The van der Waals surface area contributed by atoms with E-state index in [1.54, 1.807) is 0 Å². The zero-order chi connectivity index (χ0) is 93.1. The first-order valence-electron chi connectivity index (χ1n) is 43.8. The maximum atomic E-state index is 14.8. The summed E-state index contributed by atoms with van der Waals surface area (Å²) in [7, 11) is 0. The van der Waals surface area contributed by atoms with Crippen LogP contribution >= 0.6 is 0 Å². The third kappa shape index (κ3) is 39.7. The first-order chi connectivity index (χ1) is 59.0. The van der Waals surface area contributed by atoms with Gasteiger partial charge in [0.25, 0.3) is 0 Å². The Labute approximate surface area is 725 Å². The summed E-state index contributed by atoms with van der Waals surface area (Å²) in [4.78, 5) is 226. The lowest BCUT2D eigenvalue weighted by Gasteiger charge is -2.32. The maximum absolute atomic E-state index is 14.8. The van der Waals surface area contributed by atoms with Gasteiger partial charge in [0.15, 0.2) is 0 Å². The number of amides is 15. The van der Waals surface area contributed by atoms with Gasteiger partial charge in [0, 0.05) is 13.1 Å². The topological polar surface area (TPSA) is 771 Å². The van der Waals surface area contributed by atoms with E-state index in [-0.39, 0.29) is 149 Å². The summed E-state index contributed by atoms with van der Waals surface area (Å²) >= 11 is 0. The van der Waals surface area contributed by atoms with Crippen molar-refractivity contribution in [3.63, 3.8) is 0 Å². The predicted octanol–water partition coefficient (Wildman–Crippen LogP) is -9.11. The van der Waals surface area contributed by atoms with Crippen molar-refractivity contribution in [1.82, 2.24) is 78.9 Å². The highest BCUT2D eigenvalue weighted by Gasteiger charge is 2.45. The van der Waals surface area contributed by atoms with Gasteiger partial charge in [0.2, 0.25) is 88.6 Å². The number of likely N-dealkylation sites (tertiary alicyclic amines) is 2. The molecule has 0 saturated carbocycles. The molecule has 0 bridgehead atoms. The molecule has 124 heavy (non-hydrogen) atoms. The fourth-order valence-electron chi connectivity index (χ4n) is 14.0. The lowest BCUT2D eigenvalue weighted by molar-refractivity contribution is -0.145. The number of hydrogen-bond donors (Lipinski definition) is 27. The highest BCUT2D eigenvalue weighted by Crippen LogP contribution is 2.23. The van der Waals surface area contributed by atoms with Gasteiger partial charge in [0.05, 0.1) is 31.0 Å². The molecule has 36 N–H and O–H groups in total. The number of hydrogen-bond acceptors (Lipinski definition) is 29. The minimum absolute atomic E-state index is 0.00495. The van der Waals surface area contributed by atoms with Gasteiger partial charge in [-0.1, -0.05) is 0 Å². The number of rotatable bonds is 65. The molecule has 710 valence electrons. The van der Waals surface area contributed by atoms with E-state index in [1.807, 2.05) is 0 Å². The summed E-state index contributed by atoms with van der Waals surface area (Å²) in [5.41, 5.74) is 51.8. The third-order valence-corrected chi connectivity index (χ3v) is 21.4. The molecule has 0 radical (unpaired) electrons. The monoisotopic (exact) mass is 1770 g/mol. The van der Waals surface area contributed by atoms with Crippen molar-refractivity contribution >= 4 is 94.6 Å². The largest absolute Gasteiger partial charge is 0.480 e. The molecule has 0 unspecified atom stereocenters. The fourth-order valence-corrected chi connectivity index (χ4v) is 14.0. The van der Waals surface area contributed by atoms with Crippen molar-refractivity contribution in [3.8, 4) is 0 Å². The fraction of sp³-hybridized carbons (Fsp3) is 0.797. The van der Waals surface area contributed by atoms with Crippen LogP contribution in [0, 0.1) is 0 Å². The van der Waals surface area contributed by atoms with Crippen molar-refractivity contribution in [2.75, 3.05) is 72.1 Å². The molecule has 0 aromatic heterocycles. The molecule has 0 spiro atoms. The highest BCUT2D eigenvalue weighted by atomic mass is 16.4. The lowest BCUT2D eigenvalue weighted by atomic mass is 10.0. The van der Waals surface area contributed by atoms with Crippen molar-refractivity contribution in [3.05, 3.63) is 0 Å². The molecule has 45 nitrogen and oxygen atoms in total. The quantitative estimate of drug-likeness (QED) is 0.0252. The van der Waals surface area contributed by atoms with Gasteiger partial charge in [-0.2, -0.15) is 0 Å². The Morgan fingerprint density at radius 3 is 0.815 bits per heavy atom. The van der Waals surface area contributed by atoms with Crippen molar-refractivity contribution in [2.45, 2.75) is 329 Å². The van der Waals surface area contributed by atoms with Crippen LogP contribution in [0.2, 0.25) is 0 Å². The third-order valence-electron chi connectivity index (χ3n) is 21.4. The number of carbonyl (C=O) groups is 16. The molecule has 2 heterocycles. The van der Waals surface area contributed by atoms with Gasteiger partial charge in [-0.05, 0) is 267 Å². The van der Waals surface area contributed by atoms with E-state index in [0.29, 0.717) is 96.4 Å². The standard InChI is InChI=1S/C79H148N24O21/c1-45(88)64(108)100-62(48(4)106)77(121)102-42-22-32-59(102)74(118)95-54(28-10-18-38-84)68(112)92-52(26-8-16-36-82)71(115)98-58(44-104)73(117)99-61(47(3)105)76(120)96-55(29-11-19-39-85)69(113)93-56(30-12-20-40-86)72(116)101-63(49(5)107)78(122)103-43-23-33-60(103)75(119)94-53(27-9-17-37-83)67(111)91-50(24-6-14-34-80)66(110)89-46(2)65(109)90-51(25-7-15-35-81)70(114)97-57(79(123)124)31-13-21-41-87/h45-63,104-107H,6-44,80-88H2,1-5H3,(H,89,110)(H,90,109)(H,91,111)(H,92,112)(H,93,113)(H,94,119)(H,95,118)(H,96,120)(H,97,114)(H,98,115)(H,99,117)(H,100,108)(H,101,116)(H,123,124)/t45-,46-,47+,48+,49+,50-,51-,52-,53-,54-,55-,56-,57-,58-,59-,60-,61-,62-,63-/m0/s1. The Morgan fingerprint density at radius 1 is 0.298 bits per heavy atom. The average molecular weight is 1770 g/mol. The van der Waals surface area contributed by atoms with Gasteiger partial charge >= 0.3 is 5.97 Å². The zero-order valence-corrected chi connectivity index (χ0v) is 72.9. The van der Waals surface area contributed by atoms with E-state index in [0.717, 1.165) is 11.8 Å². The first-order valence-corrected chi connectivity index (χ1v) is 43.8. The number of carboxylic acid groups (broad SMARTS) is 1. The lowest BCUT2D eigenvalue weighted by Crippen LogP contribution is -2.63. The van der Waals surface area contributed by atoms with E-state index in [9.17, 15) is 102 Å². The van der Waals surface area contributed by atoms with Crippen LogP contribution in [0.3, 0.4) is 0 Å². The summed E-state index contributed by atoms with van der Waals surface area (Å²) < 4.78 is 0. The number of aliphatic hydroxyl groups excluding tert-OH is 4. The summed E-state index contributed by atoms with van der Waals surface area (Å²) in [5, 5.41) is 86.5. The van der Waals surface area contributed by atoms with Gasteiger partial charge in [-0.15, -0.1) is 0 Å². The summed E-state index contributed by atoms with van der Waals surface area (Å²) in [6.07, 6.45) is 1.27. The Bertz CT molecular complexity index is 3350. The molecule has 19 atom stereocenters. The van der Waals surface area contributed by atoms with Crippen LogP contribution < -0.4 is 121 Å². The number of aliphatic hydroxyl groups is 4. The number of carbonyl (C=O) groups excluding carboxylic acids is 15. The van der Waals surface area contributed by atoms with E-state index < -0.39 is 216 Å². The number of aliphatic carboxylic acids is 1. The second-order valence-electron chi connectivity index (χ2n) is 31.9. The van der Waals surface area contributed by atoms with Crippen LogP contribution in [0.25, 0.3) is 0 Å². The number of nitrogens with two attached hydrogens (primary N) is 9. The van der Waals surface area contributed by atoms with Crippen LogP contribution in [0.4, 0.5) is 0 Å². The summed E-state index contributed by atoms with van der Waals surface area (Å²) in [6, 6.07) is -22.9. The van der Waals surface area contributed by atoms with Gasteiger partial charge in [-0.25, -0.2) is 4.79 Å². The number of unbranched alkanes of at least 4 members (excludes halogenated alkanes) is 8. The Morgan fingerprint density at radius 2 is 0.532 bits per heavy atom. The van der Waals surface area contributed by atoms with E-state index in [2.05, 4.69) is 69.1 Å². The average Bonchev–Trinajstić information content (AvgIpc) is 1.64. The summed E-state index contributed by atoms with van der Waals surface area (Å²) in [6.45, 7) is 6.86. The Hall–Kier alpha value is -9.00. The smallest absolute Gasteiger partial charge is 0.326 e. The molecule has 2 aliphatic rings. The Balaban J connectivity index is 2.44. The van der Waals surface area contributed by atoms with Crippen LogP contribution in [0.1, 0.15) is 214 Å². The van der Waals surface area contributed by atoms with E-state index in [1.165, 1.54) is 32.6 Å². The molecule has 2 aliphatic heterocycles. The number of nitrogens with one attached hydrogen (secondary N) is 13. The maximum Gasteiger partial charge on any atom is 0.326 e. The van der Waals surface area contributed by atoms with Crippen LogP contribution in [0.5, 0.6) is 0 Å². The molecule has 2 fully saturated rings. The van der Waals surface area contributed by atoms with Crippen molar-refractivity contribution in [1.29, 1.82) is 0 Å². The SMILES string of the molecule is C[C@H](N)C(=O)N[C@H](C(=O)N1CCC[C@H]1C(=O)N[C@@H](CCCCN)C(=O)N[C@@H](CCCCN)C(=O)N[C@@H](CO)C(=O)N[C@H](C(=O)N[C@@H](CCCCN)C(=O)N[C@@H](CCCCN)C(=O)N[C@H](C(=O)N1CCC[C@H]1C(=O)N[C@@H](CCCCN)C(=O)N[C@@H](CCCCN)C(=O)N[C@@H](C)C(=O)N[C@@H](CCCCN)C(=O)N[C@@H](CCCCN)C(=O)O)[C@@H](C)O)[C@@H](C)O)[C@@H](C)O. The van der Waals surface area contributed by atoms with Gasteiger partial charge in [0.1, 0.15) is 90.6 Å². The normalized spacial score (nSPS) is 18.0. The van der Waals surface area contributed by atoms with Gasteiger partial charge in [-0.3, -0.25) is 71.9 Å². The second kappa shape index (κ2) is 61.4. The second-order valence-corrected chi connectivity index (χ2v) is 31.9. The molecule has 0 aliphatic carbocycles. The molecule has 2 rings (SSSR count). The zero-order valence-electron chi connectivity index (χ0n) is 72.9. The molecule has 15 amide bonds. The van der Waals surface area contributed by atoms with Crippen LogP contribution in [0.15, 0.2) is 0 Å². The summed E-state index contributed by atoms with van der Waals surface area (Å²) in [5.74, 6) is -14.8. The minimum atomic E-state index is -1.92.